The SMILES string of the molecule is N#Cc1ccc(NCc2ccc(N)cc2)c(Cl)c1. The molecular weight excluding hydrogens is 246 g/mol. The van der Waals surface area contributed by atoms with E-state index in [-0.39, 0.29) is 0 Å². The standard InChI is InChI=1S/C14H12ClN3/c15-13-7-11(8-16)3-6-14(13)18-9-10-1-4-12(17)5-2-10/h1-7,18H,9,17H2. The van der Waals surface area contributed by atoms with Crippen molar-refractivity contribution in [1.82, 2.24) is 0 Å². The number of anilines is 2. The van der Waals surface area contributed by atoms with E-state index in [0.717, 1.165) is 16.9 Å². The van der Waals surface area contributed by atoms with E-state index in [2.05, 4.69) is 5.32 Å². The average Bonchev–Trinajstić information content (AvgIpc) is 2.39. The number of nitrogens with two attached hydrogens (primary N) is 1. The van der Waals surface area contributed by atoms with Crippen LogP contribution in [-0.2, 0) is 6.54 Å². The van der Waals surface area contributed by atoms with E-state index >= 15 is 0 Å². The Kier molecular flexibility index (Phi) is 3.71. The molecule has 0 bridgehead atoms. The maximum absolute atomic E-state index is 8.75. The molecule has 0 amide bonds. The second-order valence-corrected chi connectivity index (χ2v) is 4.31. The molecule has 0 saturated heterocycles. The molecule has 2 aromatic rings. The number of hydrogen-bond donors (Lipinski definition) is 2. The lowest BCUT2D eigenvalue weighted by molar-refractivity contribution is 1.15. The van der Waals surface area contributed by atoms with Crippen molar-refractivity contribution in [3.63, 3.8) is 0 Å². The Bertz CT molecular complexity index is 585. The van der Waals surface area contributed by atoms with Crippen molar-refractivity contribution in [2.24, 2.45) is 0 Å². The number of nitrogens with zero attached hydrogens (tertiary/aromatic N) is 1. The van der Waals surface area contributed by atoms with Crippen molar-refractivity contribution in [2.75, 3.05) is 11.1 Å². The highest BCUT2D eigenvalue weighted by atomic mass is 35.5. The van der Waals surface area contributed by atoms with Gasteiger partial charge in [0.2, 0.25) is 0 Å². The lowest BCUT2D eigenvalue weighted by atomic mass is 10.2. The zero-order valence-electron chi connectivity index (χ0n) is 9.65. The van der Waals surface area contributed by atoms with Crippen molar-refractivity contribution >= 4 is 23.0 Å². The summed E-state index contributed by atoms with van der Waals surface area (Å²) in [6, 6.07) is 14.9. The van der Waals surface area contributed by atoms with Crippen molar-refractivity contribution in [3.05, 3.63) is 58.6 Å². The lowest BCUT2D eigenvalue weighted by Gasteiger charge is -2.08. The fourth-order valence-corrected chi connectivity index (χ4v) is 1.81. The summed E-state index contributed by atoms with van der Waals surface area (Å²) >= 11 is 6.07. The normalized spacial score (nSPS) is 9.78. The molecule has 3 N–H and O–H groups in total. The highest BCUT2D eigenvalue weighted by molar-refractivity contribution is 6.33. The summed E-state index contributed by atoms with van der Waals surface area (Å²) in [4.78, 5) is 0. The zero-order chi connectivity index (χ0) is 13.0. The molecule has 0 aliphatic carbocycles. The van der Waals surface area contributed by atoms with Crippen molar-refractivity contribution in [3.8, 4) is 6.07 Å². The third-order valence-electron chi connectivity index (χ3n) is 2.56. The fourth-order valence-electron chi connectivity index (χ4n) is 1.56. The summed E-state index contributed by atoms with van der Waals surface area (Å²) < 4.78 is 0. The molecule has 0 fully saturated rings. The van der Waals surface area contributed by atoms with Crippen LogP contribution < -0.4 is 11.1 Å². The molecule has 0 aliphatic heterocycles. The first-order valence-corrected chi connectivity index (χ1v) is 5.85. The molecule has 0 spiro atoms. The maximum Gasteiger partial charge on any atom is 0.0992 e. The Morgan fingerprint density at radius 1 is 1.17 bits per heavy atom. The van der Waals surface area contributed by atoms with E-state index in [1.165, 1.54) is 0 Å². The highest BCUT2D eigenvalue weighted by Crippen LogP contribution is 2.23. The highest BCUT2D eigenvalue weighted by Gasteiger charge is 2.01. The molecule has 0 heterocycles. The van der Waals surface area contributed by atoms with Crippen LogP contribution in [0.3, 0.4) is 0 Å². The molecule has 0 aliphatic rings. The monoisotopic (exact) mass is 257 g/mol. The molecule has 18 heavy (non-hydrogen) atoms. The van der Waals surface area contributed by atoms with Gasteiger partial charge in [-0.1, -0.05) is 23.7 Å². The van der Waals surface area contributed by atoms with Gasteiger partial charge in [0, 0.05) is 12.2 Å². The van der Waals surface area contributed by atoms with Crippen LogP contribution in [0.4, 0.5) is 11.4 Å². The average molecular weight is 258 g/mol. The summed E-state index contributed by atoms with van der Waals surface area (Å²) in [5.74, 6) is 0. The molecule has 4 heteroatoms. The van der Waals surface area contributed by atoms with Crippen LogP contribution in [0.2, 0.25) is 5.02 Å². The van der Waals surface area contributed by atoms with Gasteiger partial charge < -0.3 is 11.1 Å². The Balaban J connectivity index is 2.06. The van der Waals surface area contributed by atoms with E-state index in [9.17, 15) is 0 Å². The molecule has 0 atom stereocenters. The van der Waals surface area contributed by atoms with Crippen molar-refractivity contribution in [2.45, 2.75) is 6.54 Å². The Morgan fingerprint density at radius 2 is 1.89 bits per heavy atom. The molecule has 0 radical (unpaired) electrons. The fraction of sp³-hybridized carbons (Fsp3) is 0.0714. The minimum absolute atomic E-state index is 0.546. The van der Waals surface area contributed by atoms with Gasteiger partial charge in [-0.25, -0.2) is 0 Å². The molecule has 0 aromatic heterocycles. The van der Waals surface area contributed by atoms with Crippen molar-refractivity contribution < 1.29 is 0 Å². The van der Waals surface area contributed by atoms with Gasteiger partial charge in [-0.3, -0.25) is 0 Å². The predicted molar refractivity (Wildman–Crippen MR) is 74.3 cm³/mol. The molecule has 0 saturated carbocycles. The quantitative estimate of drug-likeness (QED) is 0.829. The topological polar surface area (TPSA) is 61.8 Å². The lowest BCUT2D eigenvalue weighted by Crippen LogP contribution is -2.00. The molecule has 2 rings (SSSR count). The summed E-state index contributed by atoms with van der Waals surface area (Å²) in [7, 11) is 0. The van der Waals surface area contributed by atoms with Crippen LogP contribution in [0.5, 0.6) is 0 Å². The number of nitriles is 1. The summed E-state index contributed by atoms with van der Waals surface area (Å²) in [6.45, 7) is 0.659. The van der Waals surface area contributed by atoms with Crippen LogP contribution >= 0.6 is 11.6 Å². The third kappa shape index (κ3) is 2.93. The van der Waals surface area contributed by atoms with Crippen LogP contribution in [0, 0.1) is 11.3 Å². The number of halogens is 1. The van der Waals surface area contributed by atoms with Gasteiger partial charge in [-0.15, -0.1) is 0 Å². The van der Waals surface area contributed by atoms with Gasteiger partial charge in [0.25, 0.3) is 0 Å². The molecule has 0 unspecified atom stereocenters. The summed E-state index contributed by atoms with van der Waals surface area (Å²) in [6.07, 6.45) is 0. The first-order chi connectivity index (χ1) is 8.69. The van der Waals surface area contributed by atoms with E-state index in [4.69, 9.17) is 22.6 Å². The summed E-state index contributed by atoms with van der Waals surface area (Å²) in [5.41, 5.74) is 8.85. The number of hydrogen-bond acceptors (Lipinski definition) is 3. The first-order valence-electron chi connectivity index (χ1n) is 5.47. The Hall–Kier alpha value is -2.18. The van der Waals surface area contributed by atoms with E-state index in [1.54, 1.807) is 18.2 Å². The van der Waals surface area contributed by atoms with Gasteiger partial charge in [0.1, 0.15) is 0 Å². The zero-order valence-corrected chi connectivity index (χ0v) is 10.4. The van der Waals surface area contributed by atoms with Crippen LogP contribution in [0.25, 0.3) is 0 Å². The third-order valence-corrected chi connectivity index (χ3v) is 2.87. The van der Waals surface area contributed by atoms with Crippen molar-refractivity contribution in [1.29, 1.82) is 5.26 Å². The first kappa shape index (κ1) is 12.3. The maximum atomic E-state index is 8.75. The van der Waals surface area contributed by atoms with E-state index in [1.807, 2.05) is 30.3 Å². The second kappa shape index (κ2) is 5.44. The number of nitrogens with one attached hydrogen (secondary N) is 1. The number of rotatable bonds is 3. The predicted octanol–water partition coefficient (Wildman–Crippen LogP) is 3.41. The number of nitrogen functional groups attached to an aromatic ring is 1. The van der Waals surface area contributed by atoms with Gasteiger partial charge in [0.05, 0.1) is 22.3 Å². The number of benzene rings is 2. The summed E-state index contributed by atoms with van der Waals surface area (Å²) in [5, 5.41) is 12.5. The van der Waals surface area contributed by atoms with Crippen LogP contribution in [-0.4, -0.2) is 0 Å². The van der Waals surface area contributed by atoms with Gasteiger partial charge in [-0.2, -0.15) is 5.26 Å². The minimum Gasteiger partial charge on any atom is -0.399 e. The van der Waals surface area contributed by atoms with Gasteiger partial charge >= 0.3 is 0 Å². The molecule has 3 nitrogen and oxygen atoms in total. The Labute approximate surface area is 111 Å². The minimum atomic E-state index is 0.546. The van der Waals surface area contributed by atoms with E-state index in [0.29, 0.717) is 17.1 Å². The van der Waals surface area contributed by atoms with Gasteiger partial charge in [-0.05, 0) is 35.9 Å². The second-order valence-electron chi connectivity index (χ2n) is 3.90. The smallest absolute Gasteiger partial charge is 0.0992 e. The molecule has 2 aromatic carbocycles. The van der Waals surface area contributed by atoms with Gasteiger partial charge in [0.15, 0.2) is 0 Å². The molecular formula is C14H12ClN3. The van der Waals surface area contributed by atoms with Crippen LogP contribution in [0.1, 0.15) is 11.1 Å². The van der Waals surface area contributed by atoms with Crippen LogP contribution in [0.15, 0.2) is 42.5 Å². The molecule has 90 valence electrons. The van der Waals surface area contributed by atoms with E-state index < -0.39 is 0 Å². The largest absolute Gasteiger partial charge is 0.399 e. The Morgan fingerprint density at radius 3 is 2.50 bits per heavy atom.